The van der Waals surface area contributed by atoms with Crippen molar-refractivity contribution in [3.05, 3.63) is 35.9 Å². The molecule has 2 aliphatic heterocycles. The van der Waals surface area contributed by atoms with Crippen LogP contribution in [-0.2, 0) is 4.79 Å². The highest BCUT2D eigenvalue weighted by molar-refractivity contribution is 5.94. The lowest BCUT2D eigenvalue weighted by atomic mass is 9.77. The van der Waals surface area contributed by atoms with E-state index in [1.54, 1.807) is 0 Å². The van der Waals surface area contributed by atoms with Crippen LogP contribution in [0.1, 0.15) is 61.7 Å². The van der Waals surface area contributed by atoms with E-state index in [1.807, 2.05) is 35.2 Å². The van der Waals surface area contributed by atoms with Crippen molar-refractivity contribution in [2.24, 2.45) is 11.3 Å². The first kappa shape index (κ1) is 17.6. The number of nitrogens with zero attached hydrogens (tertiary/aromatic N) is 2. The van der Waals surface area contributed by atoms with Gasteiger partial charge in [0.15, 0.2) is 0 Å². The van der Waals surface area contributed by atoms with Crippen LogP contribution in [0.4, 0.5) is 0 Å². The van der Waals surface area contributed by atoms with Gasteiger partial charge in [0.05, 0.1) is 5.41 Å². The molecule has 0 bridgehead atoms. The molecule has 0 atom stereocenters. The fourth-order valence-corrected chi connectivity index (χ4v) is 5.11. The molecular formula is C22H30N2O2. The van der Waals surface area contributed by atoms with Gasteiger partial charge in [0.1, 0.15) is 0 Å². The lowest BCUT2D eigenvalue weighted by Gasteiger charge is -2.38. The summed E-state index contributed by atoms with van der Waals surface area (Å²) in [4.78, 5) is 29.8. The molecule has 1 aliphatic carbocycles. The van der Waals surface area contributed by atoms with Crippen LogP contribution in [0.3, 0.4) is 0 Å². The van der Waals surface area contributed by atoms with Gasteiger partial charge < -0.3 is 9.80 Å². The molecule has 1 saturated carbocycles. The van der Waals surface area contributed by atoms with E-state index in [9.17, 15) is 9.59 Å². The molecule has 4 heteroatoms. The van der Waals surface area contributed by atoms with Gasteiger partial charge in [-0.2, -0.15) is 0 Å². The maximum atomic E-state index is 13.1. The van der Waals surface area contributed by atoms with Crippen molar-refractivity contribution >= 4 is 11.8 Å². The van der Waals surface area contributed by atoms with Gasteiger partial charge in [-0.1, -0.05) is 37.5 Å². The molecule has 2 heterocycles. The highest BCUT2D eigenvalue weighted by atomic mass is 16.2. The molecule has 0 aromatic heterocycles. The number of hydrogen-bond acceptors (Lipinski definition) is 2. The number of carbonyl (C=O) groups excluding carboxylic acids is 2. The lowest BCUT2D eigenvalue weighted by Crippen LogP contribution is -2.47. The fraction of sp³-hybridized carbons (Fsp3) is 0.636. The average Bonchev–Trinajstić information content (AvgIpc) is 2.99. The van der Waals surface area contributed by atoms with Crippen molar-refractivity contribution < 1.29 is 9.59 Å². The van der Waals surface area contributed by atoms with Crippen LogP contribution >= 0.6 is 0 Å². The van der Waals surface area contributed by atoms with Crippen molar-refractivity contribution in [2.75, 3.05) is 26.2 Å². The molecule has 1 aromatic rings. The summed E-state index contributed by atoms with van der Waals surface area (Å²) in [5.41, 5.74) is 0.558. The number of carbonyl (C=O) groups is 2. The standard InChI is InChI=1S/C22H30N2O2/c25-20(19-9-5-2-6-10-19)23-14-11-22(12-15-23)13-16-24(21(22)26)17-18-7-3-1-4-8-18/h2,5-6,9-10,18H,1,3-4,7-8,11-17H2. The third-order valence-corrected chi connectivity index (χ3v) is 6.83. The Morgan fingerprint density at radius 2 is 1.62 bits per heavy atom. The number of likely N-dealkylation sites (tertiary alicyclic amines) is 2. The average molecular weight is 354 g/mol. The van der Waals surface area contributed by atoms with Crippen LogP contribution in [-0.4, -0.2) is 47.8 Å². The monoisotopic (exact) mass is 354 g/mol. The third kappa shape index (κ3) is 3.38. The maximum absolute atomic E-state index is 13.1. The molecule has 1 spiro atoms. The molecule has 0 radical (unpaired) electrons. The Hall–Kier alpha value is -1.84. The first-order chi connectivity index (χ1) is 12.7. The summed E-state index contributed by atoms with van der Waals surface area (Å²) in [6, 6.07) is 9.49. The van der Waals surface area contributed by atoms with Crippen LogP contribution in [0.5, 0.6) is 0 Å². The van der Waals surface area contributed by atoms with Crippen LogP contribution in [0, 0.1) is 11.3 Å². The summed E-state index contributed by atoms with van der Waals surface area (Å²) >= 11 is 0. The van der Waals surface area contributed by atoms with E-state index >= 15 is 0 Å². The predicted octanol–water partition coefficient (Wildman–Crippen LogP) is 3.72. The summed E-state index contributed by atoms with van der Waals surface area (Å²) in [5.74, 6) is 1.18. The minimum absolute atomic E-state index is 0.102. The van der Waals surface area contributed by atoms with Crippen LogP contribution in [0.2, 0.25) is 0 Å². The Bertz CT molecular complexity index is 643. The van der Waals surface area contributed by atoms with Gasteiger partial charge in [0.2, 0.25) is 5.91 Å². The largest absolute Gasteiger partial charge is 0.342 e. The Kier molecular flexibility index (Phi) is 5.01. The second-order valence-corrected chi connectivity index (χ2v) is 8.44. The van der Waals surface area contributed by atoms with Crippen molar-refractivity contribution in [3.63, 3.8) is 0 Å². The molecule has 140 valence electrons. The maximum Gasteiger partial charge on any atom is 0.253 e. The number of piperidine rings is 1. The van der Waals surface area contributed by atoms with Crippen LogP contribution in [0.25, 0.3) is 0 Å². The van der Waals surface area contributed by atoms with Gasteiger partial charge in [0.25, 0.3) is 5.91 Å². The Labute approximate surface area is 156 Å². The molecule has 4 nitrogen and oxygen atoms in total. The van der Waals surface area contributed by atoms with Crippen LogP contribution in [0.15, 0.2) is 30.3 Å². The summed E-state index contributed by atoms with van der Waals surface area (Å²) < 4.78 is 0. The minimum atomic E-state index is -0.192. The van der Waals surface area contributed by atoms with E-state index in [0.717, 1.165) is 37.9 Å². The first-order valence-electron chi connectivity index (χ1n) is 10.3. The van der Waals surface area contributed by atoms with E-state index in [-0.39, 0.29) is 11.3 Å². The van der Waals surface area contributed by atoms with Gasteiger partial charge in [0, 0.05) is 31.7 Å². The van der Waals surface area contributed by atoms with Crippen molar-refractivity contribution in [2.45, 2.75) is 51.4 Å². The van der Waals surface area contributed by atoms with Gasteiger partial charge in [-0.25, -0.2) is 0 Å². The zero-order valence-corrected chi connectivity index (χ0v) is 15.7. The van der Waals surface area contributed by atoms with E-state index in [0.29, 0.717) is 24.9 Å². The van der Waals surface area contributed by atoms with Gasteiger partial charge in [-0.05, 0) is 50.2 Å². The Balaban J connectivity index is 1.35. The second kappa shape index (κ2) is 7.42. The Morgan fingerprint density at radius 3 is 2.31 bits per heavy atom. The number of rotatable bonds is 3. The van der Waals surface area contributed by atoms with E-state index in [2.05, 4.69) is 4.90 Å². The summed E-state index contributed by atoms with van der Waals surface area (Å²) in [7, 11) is 0. The summed E-state index contributed by atoms with van der Waals surface area (Å²) in [6.45, 7) is 3.29. The molecule has 2 saturated heterocycles. The number of amides is 2. The van der Waals surface area contributed by atoms with Crippen molar-refractivity contribution in [1.82, 2.24) is 9.80 Å². The normalized spacial score (nSPS) is 23.6. The van der Waals surface area contributed by atoms with Crippen LogP contribution < -0.4 is 0 Å². The molecule has 0 N–H and O–H groups in total. The zero-order chi connectivity index (χ0) is 18.0. The molecule has 1 aromatic carbocycles. The minimum Gasteiger partial charge on any atom is -0.342 e. The topological polar surface area (TPSA) is 40.6 Å². The fourth-order valence-electron chi connectivity index (χ4n) is 5.11. The summed E-state index contributed by atoms with van der Waals surface area (Å²) in [6.07, 6.45) is 9.22. The van der Waals surface area contributed by atoms with Crippen molar-refractivity contribution in [1.29, 1.82) is 0 Å². The second-order valence-electron chi connectivity index (χ2n) is 8.44. The van der Waals surface area contributed by atoms with E-state index in [1.165, 1.54) is 32.1 Å². The zero-order valence-electron chi connectivity index (χ0n) is 15.7. The summed E-state index contributed by atoms with van der Waals surface area (Å²) in [5, 5.41) is 0. The predicted molar refractivity (Wildman–Crippen MR) is 102 cm³/mol. The van der Waals surface area contributed by atoms with E-state index in [4.69, 9.17) is 0 Å². The molecule has 0 unspecified atom stereocenters. The smallest absolute Gasteiger partial charge is 0.253 e. The van der Waals surface area contributed by atoms with Gasteiger partial charge in [-0.15, -0.1) is 0 Å². The van der Waals surface area contributed by atoms with E-state index < -0.39 is 0 Å². The van der Waals surface area contributed by atoms with Gasteiger partial charge in [-0.3, -0.25) is 9.59 Å². The lowest BCUT2D eigenvalue weighted by molar-refractivity contribution is -0.138. The molecule has 3 aliphatic rings. The Morgan fingerprint density at radius 1 is 0.962 bits per heavy atom. The number of benzene rings is 1. The quantitative estimate of drug-likeness (QED) is 0.830. The molecule has 2 amide bonds. The molecule has 4 rings (SSSR count). The SMILES string of the molecule is O=C(c1ccccc1)N1CCC2(CC1)CCN(CC1CCCCC1)C2=O. The first-order valence-corrected chi connectivity index (χ1v) is 10.3. The molecule has 3 fully saturated rings. The molecule has 26 heavy (non-hydrogen) atoms. The highest BCUT2D eigenvalue weighted by Crippen LogP contribution is 2.42. The molecular weight excluding hydrogens is 324 g/mol. The van der Waals surface area contributed by atoms with Crippen molar-refractivity contribution in [3.8, 4) is 0 Å². The number of hydrogen-bond donors (Lipinski definition) is 0. The van der Waals surface area contributed by atoms with Gasteiger partial charge >= 0.3 is 0 Å². The highest BCUT2D eigenvalue weighted by Gasteiger charge is 2.48. The third-order valence-electron chi connectivity index (χ3n) is 6.83.